The van der Waals surface area contributed by atoms with Crippen molar-refractivity contribution in [3.8, 4) is 6.19 Å². The molecular weight excluding hydrogens is 350 g/mol. The molecule has 0 bridgehead atoms. The number of nitrogens with one attached hydrogen (secondary N) is 1. The third-order valence-corrected chi connectivity index (χ3v) is 6.83. The van der Waals surface area contributed by atoms with Gasteiger partial charge in [-0.1, -0.05) is 50.3 Å². The molecule has 1 saturated carbocycles. The lowest BCUT2D eigenvalue weighted by Crippen LogP contribution is -2.61. The Hall–Kier alpha value is -1.97. The Kier molecular flexibility index (Phi) is 5.93. The zero-order chi connectivity index (χ0) is 19.4. The number of nitrogens with zero attached hydrogens (tertiary/aromatic N) is 4. The lowest BCUT2D eigenvalue weighted by Gasteiger charge is -2.48. The molecule has 3 unspecified atom stereocenters. The normalized spacial score (nSPS) is 35.2. The number of hydrogen-bond donors (Lipinski definition) is 2. The van der Waals surface area contributed by atoms with Crippen molar-refractivity contribution in [2.24, 2.45) is 15.4 Å². The third-order valence-electron chi connectivity index (χ3n) is 6.83. The van der Waals surface area contributed by atoms with Gasteiger partial charge in [-0.15, -0.1) is 0 Å². The summed E-state index contributed by atoms with van der Waals surface area (Å²) in [5.74, 6) is 0.753. The molecule has 28 heavy (non-hydrogen) atoms. The van der Waals surface area contributed by atoms with Crippen LogP contribution < -0.4 is 5.32 Å². The number of hydrogen-bond acceptors (Lipinski definition) is 5. The van der Waals surface area contributed by atoms with Gasteiger partial charge >= 0.3 is 0 Å². The van der Waals surface area contributed by atoms with Crippen LogP contribution in [0.3, 0.4) is 0 Å². The van der Waals surface area contributed by atoms with Crippen LogP contribution in [0.2, 0.25) is 0 Å². The minimum atomic E-state index is -0.637. The van der Waals surface area contributed by atoms with E-state index in [9.17, 15) is 10.4 Å². The zero-order valence-corrected chi connectivity index (χ0v) is 16.6. The van der Waals surface area contributed by atoms with Crippen LogP contribution in [0.25, 0.3) is 0 Å². The Morgan fingerprint density at radius 1 is 1.21 bits per heavy atom. The van der Waals surface area contributed by atoms with Crippen LogP contribution in [-0.4, -0.2) is 53.0 Å². The highest BCUT2D eigenvalue weighted by Crippen LogP contribution is 2.40. The van der Waals surface area contributed by atoms with E-state index in [2.05, 4.69) is 21.3 Å². The van der Waals surface area contributed by atoms with E-state index >= 15 is 0 Å². The van der Waals surface area contributed by atoms with Crippen molar-refractivity contribution in [2.45, 2.75) is 76.0 Å². The molecule has 6 nitrogen and oxygen atoms in total. The molecule has 3 atom stereocenters. The number of likely N-dealkylation sites (tertiary alicyclic amines) is 1. The largest absolute Gasteiger partial charge is 0.395 e. The topological polar surface area (TPSA) is 84.0 Å². The van der Waals surface area contributed by atoms with Gasteiger partial charge < -0.3 is 10.0 Å². The lowest BCUT2D eigenvalue weighted by atomic mass is 9.75. The summed E-state index contributed by atoms with van der Waals surface area (Å²) in [5.41, 5.74) is 0.363. The first-order valence-corrected chi connectivity index (χ1v) is 10.8. The zero-order valence-electron chi connectivity index (χ0n) is 16.6. The molecule has 4 aliphatic rings. The number of aliphatic imine (C=N–C) groups is 2. The first-order valence-electron chi connectivity index (χ1n) is 10.8. The minimum absolute atomic E-state index is 0.0503. The molecule has 0 aromatic carbocycles. The van der Waals surface area contributed by atoms with Gasteiger partial charge in [0.05, 0.1) is 23.8 Å². The molecule has 150 valence electrons. The van der Waals surface area contributed by atoms with Gasteiger partial charge in [0.1, 0.15) is 12.0 Å². The molecule has 4 rings (SSSR count). The highest BCUT2D eigenvalue weighted by atomic mass is 16.3. The first kappa shape index (κ1) is 19.4. The monoisotopic (exact) mass is 381 g/mol. The third kappa shape index (κ3) is 3.54. The van der Waals surface area contributed by atoms with Gasteiger partial charge in [0.2, 0.25) is 6.19 Å². The summed E-state index contributed by atoms with van der Waals surface area (Å²) in [7, 11) is 0. The predicted octanol–water partition coefficient (Wildman–Crippen LogP) is 2.92. The maximum absolute atomic E-state index is 10.6. The summed E-state index contributed by atoms with van der Waals surface area (Å²) in [4.78, 5) is 11.6. The number of fused-ring (bicyclic) bond motifs is 1. The highest BCUT2D eigenvalue weighted by molar-refractivity contribution is 6.04. The van der Waals surface area contributed by atoms with Crippen LogP contribution in [0.1, 0.15) is 57.8 Å². The Labute approximate surface area is 167 Å². The number of aliphatic hydroxyl groups excluding tert-OH is 1. The molecule has 2 N–H and O–H groups in total. The van der Waals surface area contributed by atoms with Gasteiger partial charge in [-0.25, -0.2) is 0 Å². The van der Waals surface area contributed by atoms with Crippen LogP contribution in [0.4, 0.5) is 0 Å². The second kappa shape index (κ2) is 8.59. The van der Waals surface area contributed by atoms with Gasteiger partial charge in [-0.05, 0) is 31.8 Å². The highest BCUT2D eigenvalue weighted by Gasteiger charge is 2.51. The Balaban J connectivity index is 1.65. The molecule has 6 heteroatoms. The minimum Gasteiger partial charge on any atom is -0.395 e. The molecule has 2 fully saturated rings. The fourth-order valence-corrected chi connectivity index (χ4v) is 5.32. The van der Waals surface area contributed by atoms with Crippen LogP contribution in [0.15, 0.2) is 34.3 Å². The van der Waals surface area contributed by atoms with Gasteiger partial charge in [-0.3, -0.25) is 10.3 Å². The molecule has 0 radical (unpaired) electrons. The van der Waals surface area contributed by atoms with E-state index in [1.807, 2.05) is 24.4 Å². The molecule has 2 aliphatic carbocycles. The number of piperidine rings is 1. The summed E-state index contributed by atoms with van der Waals surface area (Å²) in [6.45, 7) is 0.866. The lowest BCUT2D eigenvalue weighted by molar-refractivity contribution is 0.0904. The number of aliphatic hydroxyl groups is 1. The number of rotatable bonds is 3. The fourth-order valence-electron chi connectivity index (χ4n) is 5.32. The maximum atomic E-state index is 10.6. The van der Waals surface area contributed by atoms with Crippen molar-refractivity contribution in [1.29, 1.82) is 5.26 Å². The Morgan fingerprint density at radius 3 is 2.71 bits per heavy atom. The fraction of sp³-hybridized carbons (Fsp3) is 0.682. The molecule has 0 aromatic heterocycles. The van der Waals surface area contributed by atoms with Gasteiger partial charge in [0.25, 0.3) is 0 Å². The van der Waals surface area contributed by atoms with Crippen molar-refractivity contribution < 1.29 is 5.11 Å². The first-order chi connectivity index (χ1) is 13.8. The summed E-state index contributed by atoms with van der Waals surface area (Å²) in [5, 5.41) is 23.6. The number of allylic oxidation sites excluding steroid dienone is 2. The molecule has 2 aliphatic heterocycles. The van der Waals surface area contributed by atoms with E-state index in [0.717, 1.165) is 43.8 Å². The Morgan fingerprint density at radius 2 is 2.00 bits per heavy atom. The molecule has 1 saturated heterocycles. The van der Waals surface area contributed by atoms with Crippen LogP contribution in [0.5, 0.6) is 0 Å². The predicted molar refractivity (Wildman–Crippen MR) is 111 cm³/mol. The van der Waals surface area contributed by atoms with Crippen molar-refractivity contribution >= 4 is 11.5 Å². The summed E-state index contributed by atoms with van der Waals surface area (Å²) in [6, 6.07) is 0.494. The quantitative estimate of drug-likeness (QED) is 0.736. The van der Waals surface area contributed by atoms with Crippen LogP contribution >= 0.6 is 0 Å². The maximum Gasteiger partial charge on any atom is 0.207 e. The van der Waals surface area contributed by atoms with Crippen molar-refractivity contribution in [3.05, 3.63) is 24.3 Å². The summed E-state index contributed by atoms with van der Waals surface area (Å²) in [6.07, 6.45) is 20.4. The molecule has 0 aromatic rings. The average molecular weight is 382 g/mol. The van der Waals surface area contributed by atoms with E-state index in [0.29, 0.717) is 6.04 Å². The Bertz CT molecular complexity index is 726. The molecule has 0 spiro atoms. The van der Waals surface area contributed by atoms with Gasteiger partial charge in [-0.2, -0.15) is 10.3 Å². The number of nitriles is 1. The summed E-state index contributed by atoms with van der Waals surface area (Å²) < 4.78 is 0. The van der Waals surface area contributed by atoms with E-state index in [-0.39, 0.29) is 18.8 Å². The van der Waals surface area contributed by atoms with Crippen molar-refractivity contribution in [2.75, 3.05) is 13.2 Å². The second-order valence-electron chi connectivity index (χ2n) is 8.49. The SMILES string of the molecule is N#CN=C1N(C2CCCCCCC2)CCCC1(CO)C1N=C2C=CC=CC2N1. The van der Waals surface area contributed by atoms with E-state index in [1.54, 1.807) is 0 Å². The molecule has 0 amide bonds. The smallest absolute Gasteiger partial charge is 0.207 e. The van der Waals surface area contributed by atoms with Crippen molar-refractivity contribution in [1.82, 2.24) is 10.2 Å². The van der Waals surface area contributed by atoms with E-state index < -0.39 is 5.41 Å². The van der Waals surface area contributed by atoms with E-state index in [1.165, 1.54) is 32.1 Å². The van der Waals surface area contributed by atoms with E-state index in [4.69, 9.17) is 4.99 Å². The van der Waals surface area contributed by atoms with Crippen LogP contribution in [-0.2, 0) is 0 Å². The van der Waals surface area contributed by atoms with Gasteiger partial charge in [0, 0.05) is 12.6 Å². The standard InChI is InChI=1S/C22H31N5O/c23-16-24-21-22(15-28,20-25-18-11-6-7-12-19(18)26-20)13-8-14-27(21)17-9-4-2-1-3-5-10-17/h6-7,11-12,17-18,20,25,28H,1-5,8-10,13-15H2. The molecular formula is C22H31N5O. The van der Waals surface area contributed by atoms with Gasteiger partial charge in [0.15, 0.2) is 0 Å². The van der Waals surface area contributed by atoms with Crippen LogP contribution in [0, 0.1) is 16.9 Å². The number of amidine groups is 1. The average Bonchev–Trinajstić information content (AvgIpc) is 3.13. The summed E-state index contributed by atoms with van der Waals surface area (Å²) >= 11 is 0. The van der Waals surface area contributed by atoms with Crippen molar-refractivity contribution in [3.63, 3.8) is 0 Å². The second-order valence-corrected chi connectivity index (χ2v) is 8.49. The molecule has 2 heterocycles.